The van der Waals surface area contributed by atoms with Gasteiger partial charge in [-0.3, -0.25) is 14.4 Å². The number of aryl methyl sites for hydroxylation is 1. The first kappa shape index (κ1) is 30.1. The van der Waals surface area contributed by atoms with E-state index in [1.165, 1.54) is 11.6 Å². The third-order valence-corrected chi connectivity index (χ3v) is 6.41. The maximum Gasteiger partial charge on any atom is 0.351 e. The highest BCUT2D eigenvalue weighted by Crippen LogP contribution is 2.21. The maximum absolute atomic E-state index is 12.8. The molecule has 8 heteroatoms. The minimum Gasteiger partial charge on any atom is -0.457 e. The van der Waals surface area contributed by atoms with Crippen LogP contribution in [-0.4, -0.2) is 47.4 Å². The van der Waals surface area contributed by atoms with Crippen LogP contribution >= 0.6 is 0 Å². The van der Waals surface area contributed by atoms with Crippen LogP contribution in [0.2, 0.25) is 0 Å². The smallest absolute Gasteiger partial charge is 0.351 e. The van der Waals surface area contributed by atoms with E-state index in [9.17, 15) is 19.2 Å². The molecule has 1 aliphatic rings. The van der Waals surface area contributed by atoms with Crippen molar-refractivity contribution in [1.82, 2.24) is 5.32 Å². The van der Waals surface area contributed by atoms with Crippen LogP contribution in [-0.2, 0) is 25.6 Å². The molecule has 0 radical (unpaired) electrons. The number of carbonyl (C=O) groups is 4. The van der Waals surface area contributed by atoms with Gasteiger partial charge < -0.3 is 14.9 Å². The lowest BCUT2D eigenvalue weighted by atomic mass is 9.98. The summed E-state index contributed by atoms with van der Waals surface area (Å²) in [4.78, 5) is 55.3. The van der Waals surface area contributed by atoms with E-state index in [0.29, 0.717) is 17.8 Å². The number of nitrogens with one attached hydrogen (secondary N) is 1. The summed E-state index contributed by atoms with van der Waals surface area (Å²) in [6.07, 6.45) is 4.27. The minimum absolute atomic E-state index is 0.197. The van der Waals surface area contributed by atoms with Crippen LogP contribution in [0.15, 0.2) is 90.1 Å². The standard InChI is InChI=1S/C34H34N2O6/c1-34(2,3)41-33(40)29-22-28(36-42-29)25-16-18-27(19-17-25)32(39)31(38)26-14-11-24(12-15-26)13-20-30(37)35-21-7-10-23-8-5-4-6-9-23/h4-6,8-9,11-20,29H,7,10,21-22H2,1-3H3,(H,35,37)/b20-13+. The van der Waals surface area contributed by atoms with Crippen molar-refractivity contribution >= 4 is 35.2 Å². The zero-order chi connectivity index (χ0) is 30.1. The SMILES string of the molecule is CC(C)(C)OC(=O)C1CC(c2ccc(C(=O)C(=O)c3ccc(/C=C/C(=O)NCCCc4ccccc4)cc3)cc2)=NO1. The lowest BCUT2D eigenvalue weighted by Crippen LogP contribution is -2.32. The number of carbonyl (C=O) groups excluding carboxylic acids is 4. The summed E-state index contributed by atoms with van der Waals surface area (Å²) >= 11 is 0. The van der Waals surface area contributed by atoms with E-state index in [-0.39, 0.29) is 23.5 Å². The molecule has 0 spiro atoms. The summed E-state index contributed by atoms with van der Waals surface area (Å²) < 4.78 is 5.35. The topological polar surface area (TPSA) is 111 Å². The molecule has 42 heavy (non-hydrogen) atoms. The minimum atomic E-state index is -0.820. The fraction of sp³-hybridized carbons (Fsp3) is 0.265. The quantitative estimate of drug-likeness (QED) is 0.110. The Morgan fingerprint density at radius 1 is 0.905 bits per heavy atom. The molecule has 1 N–H and O–H groups in total. The lowest BCUT2D eigenvalue weighted by Gasteiger charge is -2.20. The van der Waals surface area contributed by atoms with Crippen molar-refractivity contribution in [3.63, 3.8) is 0 Å². The highest BCUT2D eigenvalue weighted by Gasteiger charge is 2.33. The van der Waals surface area contributed by atoms with E-state index in [4.69, 9.17) is 9.57 Å². The highest BCUT2D eigenvalue weighted by molar-refractivity contribution is 6.49. The largest absolute Gasteiger partial charge is 0.457 e. The number of Topliss-reactive ketones (excluding diaryl/α,β-unsaturated/α-hetero) is 2. The number of oxime groups is 1. The van der Waals surface area contributed by atoms with Crippen LogP contribution in [0, 0.1) is 0 Å². The van der Waals surface area contributed by atoms with Crippen LogP contribution in [0.1, 0.15) is 71.0 Å². The second-order valence-electron chi connectivity index (χ2n) is 10.9. The number of hydrogen-bond acceptors (Lipinski definition) is 7. The average molecular weight is 567 g/mol. The number of amides is 1. The summed E-state index contributed by atoms with van der Waals surface area (Å²) in [5.41, 5.74) is 3.06. The average Bonchev–Trinajstić information content (AvgIpc) is 3.48. The molecule has 3 aromatic rings. The molecule has 4 rings (SSSR count). The van der Waals surface area contributed by atoms with Crippen LogP contribution in [0.3, 0.4) is 0 Å². The molecule has 1 atom stereocenters. The molecule has 1 aliphatic heterocycles. The number of nitrogens with zero attached hydrogens (tertiary/aromatic N) is 1. The highest BCUT2D eigenvalue weighted by atomic mass is 16.7. The Bertz CT molecular complexity index is 1480. The third kappa shape index (κ3) is 8.57. The van der Waals surface area contributed by atoms with Crippen molar-refractivity contribution in [1.29, 1.82) is 0 Å². The summed E-state index contributed by atoms with van der Waals surface area (Å²) in [6.45, 7) is 5.91. The zero-order valence-corrected chi connectivity index (χ0v) is 24.0. The second-order valence-corrected chi connectivity index (χ2v) is 10.9. The molecule has 0 saturated carbocycles. The first-order valence-electron chi connectivity index (χ1n) is 13.8. The molecule has 0 fully saturated rings. The Labute approximate surface area is 245 Å². The fourth-order valence-corrected chi connectivity index (χ4v) is 4.24. The molecule has 1 heterocycles. The van der Waals surface area contributed by atoms with E-state index in [2.05, 4.69) is 22.6 Å². The van der Waals surface area contributed by atoms with Crippen LogP contribution in [0.4, 0.5) is 0 Å². The molecular weight excluding hydrogens is 532 g/mol. The van der Waals surface area contributed by atoms with Crippen molar-refractivity contribution in [3.05, 3.63) is 113 Å². The molecule has 0 aliphatic carbocycles. The zero-order valence-electron chi connectivity index (χ0n) is 24.0. The van der Waals surface area contributed by atoms with Gasteiger partial charge >= 0.3 is 5.97 Å². The number of esters is 1. The van der Waals surface area contributed by atoms with E-state index in [1.807, 2.05) is 18.2 Å². The maximum atomic E-state index is 12.8. The molecule has 0 aromatic heterocycles. The Kier molecular flexibility index (Phi) is 9.81. The Morgan fingerprint density at radius 3 is 2.14 bits per heavy atom. The van der Waals surface area contributed by atoms with Crippen LogP contribution in [0.25, 0.3) is 6.08 Å². The van der Waals surface area contributed by atoms with E-state index in [1.54, 1.807) is 75.4 Å². The van der Waals surface area contributed by atoms with Crippen LogP contribution in [0.5, 0.6) is 0 Å². The van der Waals surface area contributed by atoms with E-state index >= 15 is 0 Å². The predicted molar refractivity (Wildman–Crippen MR) is 160 cm³/mol. The van der Waals surface area contributed by atoms with Crippen molar-refractivity contribution in [2.45, 2.75) is 51.7 Å². The molecule has 0 saturated heterocycles. The summed E-state index contributed by atoms with van der Waals surface area (Å²) in [7, 11) is 0. The van der Waals surface area contributed by atoms with Gasteiger partial charge in [-0.15, -0.1) is 0 Å². The Balaban J connectivity index is 1.25. The van der Waals surface area contributed by atoms with Gasteiger partial charge in [-0.05, 0) is 56.4 Å². The van der Waals surface area contributed by atoms with Gasteiger partial charge in [0.1, 0.15) is 5.60 Å². The van der Waals surface area contributed by atoms with Gasteiger partial charge in [-0.25, -0.2) is 4.79 Å². The Morgan fingerprint density at radius 2 is 1.52 bits per heavy atom. The normalized spacial score (nSPS) is 14.6. The summed E-state index contributed by atoms with van der Waals surface area (Å²) in [6, 6.07) is 23.0. The number of ketones is 2. The summed E-state index contributed by atoms with van der Waals surface area (Å²) in [5.74, 6) is -1.97. The molecule has 1 amide bonds. The predicted octanol–water partition coefficient (Wildman–Crippen LogP) is 5.35. The number of benzene rings is 3. The van der Waals surface area contributed by atoms with Gasteiger partial charge in [-0.2, -0.15) is 0 Å². The molecule has 216 valence electrons. The molecular formula is C34H34N2O6. The lowest BCUT2D eigenvalue weighted by molar-refractivity contribution is -0.166. The Hall–Kier alpha value is -4.85. The first-order valence-corrected chi connectivity index (χ1v) is 13.8. The monoisotopic (exact) mass is 566 g/mol. The summed E-state index contributed by atoms with van der Waals surface area (Å²) in [5, 5.41) is 6.86. The van der Waals surface area contributed by atoms with Gasteiger partial charge in [0, 0.05) is 30.2 Å². The van der Waals surface area contributed by atoms with Gasteiger partial charge in [0.2, 0.25) is 23.6 Å². The molecule has 3 aromatic carbocycles. The van der Waals surface area contributed by atoms with E-state index < -0.39 is 29.2 Å². The first-order chi connectivity index (χ1) is 20.1. The van der Waals surface area contributed by atoms with Crippen molar-refractivity contribution in [3.8, 4) is 0 Å². The number of ether oxygens (including phenoxy) is 1. The molecule has 1 unspecified atom stereocenters. The fourth-order valence-electron chi connectivity index (χ4n) is 4.24. The molecule has 0 bridgehead atoms. The third-order valence-electron chi connectivity index (χ3n) is 6.41. The number of hydrogen-bond donors (Lipinski definition) is 1. The van der Waals surface area contributed by atoms with Gasteiger partial charge in [-0.1, -0.05) is 84.0 Å². The van der Waals surface area contributed by atoms with Gasteiger partial charge in [0.15, 0.2) is 0 Å². The number of rotatable bonds is 11. The van der Waals surface area contributed by atoms with Crippen molar-refractivity contribution in [2.24, 2.45) is 5.16 Å². The van der Waals surface area contributed by atoms with Gasteiger partial charge in [0.25, 0.3) is 0 Å². The van der Waals surface area contributed by atoms with E-state index in [0.717, 1.165) is 18.4 Å². The van der Waals surface area contributed by atoms with Gasteiger partial charge in [0.05, 0.1) is 5.71 Å². The van der Waals surface area contributed by atoms with Crippen LogP contribution < -0.4 is 5.32 Å². The second kappa shape index (κ2) is 13.7. The van der Waals surface area contributed by atoms with Crippen molar-refractivity contribution < 1.29 is 28.8 Å². The van der Waals surface area contributed by atoms with Crippen molar-refractivity contribution in [2.75, 3.05) is 6.54 Å². The molecule has 8 nitrogen and oxygen atoms in total.